The molecule has 26 heavy (non-hydrogen) atoms. The highest BCUT2D eigenvalue weighted by atomic mass is 16.5. The summed E-state index contributed by atoms with van der Waals surface area (Å²) in [6.07, 6.45) is 0. The van der Waals surface area contributed by atoms with Crippen molar-refractivity contribution in [1.29, 1.82) is 0 Å². The predicted octanol–water partition coefficient (Wildman–Crippen LogP) is 4.00. The Morgan fingerprint density at radius 2 is 1.65 bits per heavy atom. The summed E-state index contributed by atoms with van der Waals surface area (Å²) in [7, 11) is 3.26. The highest BCUT2D eigenvalue weighted by Crippen LogP contribution is 2.29. The number of ether oxygens (including phenoxy) is 2. The average Bonchev–Trinajstić information content (AvgIpc) is 2.63. The topological polar surface area (TPSA) is 59.6 Å². The lowest BCUT2D eigenvalue weighted by atomic mass is 10.1. The lowest BCUT2D eigenvalue weighted by molar-refractivity contribution is -0.118. The predicted molar refractivity (Wildman–Crippen MR) is 105 cm³/mol. The van der Waals surface area contributed by atoms with Gasteiger partial charge >= 0.3 is 0 Å². The van der Waals surface area contributed by atoms with E-state index in [0.29, 0.717) is 0 Å². The van der Waals surface area contributed by atoms with E-state index >= 15 is 0 Å². The third-order valence-corrected chi connectivity index (χ3v) is 4.53. The Kier molecular flexibility index (Phi) is 6.64. The van der Waals surface area contributed by atoms with Crippen LogP contribution in [0.15, 0.2) is 36.4 Å². The normalized spacial score (nSPS) is 13.0. The van der Waals surface area contributed by atoms with E-state index in [-0.39, 0.29) is 18.0 Å². The van der Waals surface area contributed by atoms with Crippen LogP contribution in [0.1, 0.15) is 36.6 Å². The number of methoxy groups -OCH3 is 2. The fourth-order valence-electron chi connectivity index (χ4n) is 2.96. The number of hydrogen-bond donors (Lipinski definition) is 2. The van der Waals surface area contributed by atoms with E-state index in [9.17, 15) is 4.79 Å². The van der Waals surface area contributed by atoms with Crippen LogP contribution in [0.5, 0.6) is 11.5 Å². The molecule has 0 saturated carbocycles. The lowest BCUT2D eigenvalue weighted by Gasteiger charge is -2.23. The van der Waals surface area contributed by atoms with Crippen LogP contribution in [0, 0.1) is 13.8 Å². The molecule has 5 nitrogen and oxygen atoms in total. The Balaban J connectivity index is 2.11. The summed E-state index contributed by atoms with van der Waals surface area (Å²) in [5.74, 6) is 1.44. The molecule has 0 aliphatic heterocycles. The molecule has 0 heterocycles. The molecule has 0 spiro atoms. The summed E-state index contributed by atoms with van der Waals surface area (Å²) in [5, 5.41) is 6.36. The summed E-state index contributed by atoms with van der Waals surface area (Å²) in [6, 6.07) is 11.2. The van der Waals surface area contributed by atoms with Gasteiger partial charge in [0.25, 0.3) is 0 Å². The standard InChI is InChI=1S/C21H28N2O3/c1-13-8-7-9-14(2)20(13)23-21(24)16(4)22-15(3)18-12-17(25-5)10-11-19(18)26-6/h7-12,15-16,22H,1-6H3,(H,23,24). The van der Waals surface area contributed by atoms with Crippen LogP contribution in [-0.2, 0) is 4.79 Å². The van der Waals surface area contributed by atoms with Crippen molar-refractivity contribution in [2.45, 2.75) is 39.8 Å². The summed E-state index contributed by atoms with van der Waals surface area (Å²) in [5.41, 5.74) is 3.91. The van der Waals surface area contributed by atoms with Gasteiger partial charge in [-0.05, 0) is 57.0 Å². The molecule has 0 aromatic heterocycles. The quantitative estimate of drug-likeness (QED) is 0.787. The molecular formula is C21H28N2O3. The van der Waals surface area contributed by atoms with E-state index in [1.807, 2.05) is 64.1 Å². The molecule has 2 N–H and O–H groups in total. The van der Waals surface area contributed by atoms with Crippen LogP contribution in [0.4, 0.5) is 5.69 Å². The number of carbonyl (C=O) groups is 1. The van der Waals surface area contributed by atoms with E-state index in [1.165, 1.54) is 0 Å². The van der Waals surface area contributed by atoms with Gasteiger partial charge in [-0.25, -0.2) is 0 Å². The Hall–Kier alpha value is -2.53. The van der Waals surface area contributed by atoms with E-state index in [1.54, 1.807) is 14.2 Å². The van der Waals surface area contributed by atoms with Crippen molar-refractivity contribution in [3.8, 4) is 11.5 Å². The molecule has 0 aliphatic carbocycles. The number of nitrogens with one attached hydrogen (secondary N) is 2. The number of benzene rings is 2. The first kappa shape index (κ1) is 19.8. The van der Waals surface area contributed by atoms with Crippen LogP contribution in [0.2, 0.25) is 0 Å². The molecule has 140 valence electrons. The van der Waals surface area contributed by atoms with Crippen molar-refractivity contribution in [2.24, 2.45) is 0 Å². The number of carbonyl (C=O) groups excluding carboxylic acids is 1. The zero-order valence-electron chi connectivity index (χ0n) is 16.3. The second-order valence-electron chi connectivity index (χ2n) is 6.47. The van der Waals surface area contributed by atoms with Gasteiger partial charge in [-0.15, -0.1) is 0 Å². The molecule has 0 fully saturated rings. The first-order valence-electron chi connectivity index (χ1n) is 8.72. The monoisotopic (exact) mass is 356 g/mol. The van der Waals surface area contributed by atoms with Gasteiger partial charge in [-0.3, -0.25) is 10.1 Å². The molecule has 0 radical (unpaired) electrons. The second-order valence-corrected chi connectivity index (χ2v) is 6.47. The fourth-order valence-corrected chi connectivity index (χ4v) is 2.96. The number of amides is 1. The van der Waals surface area contributed by atoms with E-state index in [2.05, 4.69) is 10.6 Å². The first-order chi connectivity index (χ1) is 12.4. The fraction of sp³-hybridized carbons (Fsp3) is 0.381. The van der Waals surface area contributed by atoms with Crippen LogP contribution < -0.4 is 20.1 Å². The third-order valence-electron chi connectivity index (χ3n) is 4.53. The Labute approximate surface area is 155 Å². The minimum absolute atomic E-state index is 0.0730. The molecule has 2 rings (SSSR count). The van der Waals surface area contributed by atoms with Gasteiger partial charge in [0, 0.05) is 17.3 Å². The molecule has 2 aromatic rings. The largest absolute Gasteiger partial charge is 0.497 e. The zero-order valence-corrected chi connectivity index (χ0v) is 16.3. The maximum Gasteiger partial charge on any atom is 0.241 e. The molecule has 1 amide bonds. The minimum Gasteiger partial charge on any atom is -0.497 e. The Morgan fingerprint density at radius 3 is 2.23 bits per heavy atom. The molecule has 0 saturated heterocycles. The van der Waals surface area contributed by atoms with E-state index in [0.717, 1.165) is 33.9 Å². The van der Waals surface area contributed by atoms with Crippen molar-refractivity contribution < 1.29 is 14.3 Å². The van der Waals surface area contributed by atoms with Crippen LogP contribution in [0.25, 0.3) is 0 Å². The van der Waals surface area contributed by atoms with Crippen molar-refractivity contribution in [3.63, 3.8) is 0 Å². The molecule has 0 aliphatic rings. The van der Waals surface area contributed by atoms with Gasteiger partial charge in [0.15, 0.2) is 0 Å². The Morgan fingerprint density at radius 1 is 1.00 bits per heavy atom. The van der Waals surface area contributed by atoms with Crippen LogP contribution >= 0.6 is 0 Å². The average molecular weight is 356 g/mol. The molecule has 2 atom stereocenters. The van der Waals surface area contributed by atoms with Crippen LogP contribution in [-0.4, -0.2) is 26.2 Å². The van der Waals surface area contributed by atoms with Crippen LogP contribution in [0.3, 0.4) is 0 Å². The van der Waals surface area contributed by atoms with Crippen molar-refractivity contribution in [1.82, 2.24) is 5.32 Å². The highest BCUT2D eigenvalue weighted by Gasteiger charge is 2.20. The number of para-hydroxylation sites is 1. The molecule has 2 aromatic carbocycles. The van der Waals surface area contributed by atoms with E-state index < -0.39 is 0 Å². The van der Waals surface area contributed by atoms with Gasteiger partial charge < -0.3 is 14.8 Å². The molecule has 0 bridgehead atoms. The van der Waals surface area contributed by atoms with Gasteiger partial charge in [0.1, 0.15) is 11.5 Å². The van der Waals surface area contributed by atoms with E-state index in [4.69, 9.17) is 9.47 Å². The van der Waals surface area contributed by atoms with Crippen molar-refractivity contribution in [2.75, 3.05) is 19.5 Å². The summed E-state index contributed by atoms with van der Waals surface area (Å²) < 4.78 is 10.7. The van der Waals surface area contributed by atoms with Crippen molar-refractivity contribution >= 4 is 11.6 Å². The smallest absolute Gasteiger partial charge is 0.241 e. The molecule has 5 heteroatoms. The van der Waals surface area contributed by atoms with Gasteiger partial charge in [0.2, 0.25) is 5.91 Å². The minimum atomic E-state index is -0.375. The van der Waals surface area contributed by atoms with Gasteiger partial charge in [-0.2, -0.15) is 0 Å². The molecule has 2 unspecified atom stereocenters. The Bertz CT molecular complexity index is 754. The summed E-state index contributed by atoms with van der Waals surface area (Å²) in [6.45, 7) is 7.83. The van der Waals surface area contributed by atoms with Gasteiger partial charge in [0.05, 0.1) is 20.3 Å². The number of hydrogen-bond acceptors (Lipinski definition) is 4. The first-order valence-corrected chi connectivity index (χ1v) is 8.72. The summed E-state index contributed by atoms with van der Waals surface area (Å²) >= 11 is 0. The van der Waals surface area contributed by atoms with Gasteiger partial charge in [-0.1, -0.05) is 18.2 Å². The summed E-state index contributed by atoms with van der Waals surface area (Å²) in [4.78, 5) is 12.6. The maximum absolute atomic E-state index is 12.6. The SMILES string of the molecule is COc1ccc(OC)c(C(C)NC(C)C(=O)Nc2c(C)cccc2C)c1. The van der Waals surface area contributed by atoms with Crippen molar-refractivity contribution in [3.05, 3.63) is 53.1 Å². The number of aryl methyl sites for hydroxylation is 2. The molecular weight excluding hydrogens is 328 g/mol. The lowest BCUT2D eigenvalue weighted by Crippen LogP contribution is -2.39. The maximum atomic E-state index is 12.6. The highest BCUT2D eigenvalue weighted by molar-refractivity contribution is 5.95. The zero-order chi connectivity index (χ0) is 19.3. The number of anilines is 1. The number of rotatable bonds is 7. The second kappa shape index (κ2) is 8.72. The third kappa shape index (κ3) is 4.55.